The van der Waals surface area contributed by atoms with Gasteiger partial charge in [0.2, 0.25) is 6.29 Å². The number of aldehydes is 1. The summed E-state index contributed by atoms with van der Waals surface area (Å²) in [6, 6.07) is 3.01. The fraction of sp³-hybridized carbons (Fsp3) is 0.250. The molecule has 0 amide bonds. The molecule has 0 radical (unpaired) electrons. The van der Waals surface area contributed by atoms with Gasteiger partial charge < -0.3 is 24.4 Å². The van der Waals surface area contributed by atoms with Crippen molar-refractivity contribution in [3.63, 3.8) is 0 Å². The molecule has 0 saturated carbocycles. The van der Waals surface area contributed by atoms with Gasteiger partial charge in [-0.25, -0.2) is 4.79 Å². The smallest absolute Gasteiger partial charge is 0.341 e. The van der Waals surface area contributed by atoms with E-state index in [4.69, 9.17) is 14.2 Å². The Morgan fingerprint density at radius 3 is 2.39 bits per heavy atom. The van der Waals surface area contributed by atoms with Crippen LogP contribution in [0.3, 0.4) is 0 Å². The summed E-state index contributed by atoms with van der Waals surface area (Å²) in [5, 5.41) is 20.6. The maximum atomic E-state index is 12.2. The molecular weight excluding hydrogens is 304 g/mol. The van der Waals surface area contributed by atoms with E-state index in [1.54, 1.807) is 0 Å². The van der Waals surface area contributed by atoms with Gasteiger partial charge in [0.05, 0.1) is 25.3 Å². The number of ether oxygens (including phenoxy) is 3. The number of cyclic esters (lactones) is 1. The fourth-order valence-corrected chi connectivity index (χ4v) is 2.84. The number of hydrogen-bond acceptors (Lipinski definition) is 7. The molecule has 2 aromatic rings. The number of carbonyl (C=O) groups is 2. The largest absolute Gasteiger partial charge is 0.507 e. The Morgan fingerprint density at radius 1 is 1.22 bits per heavy atom. The zero-order valence-electron chi connectivity index (χ0n) is 12.5. The quantitative estimate of drug-likeness (QED) is 0.651. The van der Waals surface area contributed by atoms with Crippen LogP contribution in [-0.4, -0.2) is 43.0 Å². The van der Waals surface area contributed by atoms with Crippen molar-refractivity contribution < 1.29 is 34.0 Å². The molecule has 1 heterocycles. The lowest BCUT2D eigenvalue weighted by atomic mass is 9.89. The van der Waals surface area contributed by atoms with Crippen molar-refractivity contribution in [3.05, 3.63) is 28.8 Å². The van der Waals surface area contributed by atoms with Crippen LogP contribution in [0, 0.1) is 0 Å². The lowest BCUT2D eigenvalue weighted by molar-refractivity contribution is -0.0685. The van der Waals surface area contributed by atoms with Gasteiger partial charge in [-0.05, 0) is 17.7 Å². The number of methoxy groups -OCH3 is 2. The van der Waals surface area contributed by atoms with E-state index in [-0.39, 0.29) is 34.2 Å². The van der Waals surface area contributed by atoms with Crippen molar-refractivity contribution in [3.8, 4) is 17.2 Å². The van der Waals surface area contributed by atoms with E-state index in [0.717, 1.165) is 0 Å². The van der Waals surface area contributed by atoms with Crippen molar-refractivity contribution in [2.75, 3.05) is 14.2 Å². The van der Waals surface area contributed by atoms with Gasteiger partial charge in [-0.2, -0.15) is 0 Å². The third-order valence-electron chi connectivity index (χ3n) is 3.87. The molecule has 1 aliphatic heterocycles. The first-order valence-corrected chi connectivity index (χ1v) is 6.79. The monoisotopic (exact) mass is 318 g/mol. The summed E-state index contributed by atoms with van der Waals surface area (Å²) in [4.78, 5) is 23.6. The topological polar surface area (TPSA) is 102 Å². The number of benzene rings is 2. The number of carbonyl (C=O) groups excluding carboxylic acids is 2. The maximum Gasteiger partial charge on any atom is 0.341 e. The number of aliphatic hydroxyl groups is 1. The minimum absolute atomic E-state index is 0.0459. The number of rotatable bonds is 3. The number of hydrogen-bond donors (Lipinski definition) is 2. The normalized spacial score (nSPS) is 16.7. The summed E-state index contributed by atoms with van der Waals surface area (Å²) < 4.78 is 15.2. The van der Waals surface area contributed by atoms with Crippen LogP contribution in [0.25, 0.3) is 10.8 Å². The molecule has 120 valence electrons. The summed E-state index contributed by atoms with van der Waals surface area (Å²) in [5.41, 5.74) is 0.336. The van der Waals surface area contributed by atoms with Gasteiger partial charge in [0.25, 0.3) is 0 Å². The third-order valence-corrected chi connectivity index (χ3v) is 3.87. The van der Waals surface area contributed by atoms with Crippen LogP contribution in [0.2, 0.25) is 0 Å². The molecule has 0 bridgehead atoms. The Balaban J connectivity index is 2.47. The van der Waals surface area contributed by atoms with Crippen LogP contribution in [0.4, 0.5) is 0 Å². The SMILES string of the molecule is COc1cc2c(O)c(C=O)c3c(c2cc1OC)C(=O)OC(O)C3. The van der Waals surface area contributed by atoms with Crippen LogP contribution in [0.15, 0.2) is 12.1 Å². The molecule has 0 saturated heterocycles. The first kappa shape index (κ1) is 15.1. The average molecular weight is 318 g/mol. The lowest BCUT2D eigenvalue weighted by Crippen LogP contribution is -2.28. The Kier molecular flexibility index (Phi) is 3.57. The molecule has 2 N–H and O–H groups in total. The second-order valence-electron chi connectivity index (χ2n) is 5.05. The molecule has 3 rings (SSSR count). The number of phenolic OH excluding ortho intramolecular Hbond substituents is 1. The van der Waals surface area contributed by atoms with E-state index in [1.807, 2.05) is 0 Å². The second-order valence-corrected chi connectivity index (χ2v) is 5.05. The molecule has 7 heteroatoms. The predicted octanol–water partition coefficient (Wildman–Crippen LogP) is 1.41. The van der Waals surface area contributed by atoms with Gasteiger partial charge in [-0.1, -0.05) is 0 Å². The Bertz CT molecular complexity index is 825. The Labute approximate surface area is 131 Å². The van der Waals surface area contributed by atoms with Crippen molar-refractivity contribution in [2.45, 2.75) is 12.7 Å². The molecule has 1 aliphatic rings. The fourth-order valence-electron chi connectivity index (χ4n) is 2.84. The summed E-state index contributed by atoms with van der Waals surface area (Å²) >= 11 is 0. The second kappa shape index (κ2) is 5.44. The number of aromatic hydroxyl groups is 1. The standard InChI is InChI=1S/C16H14O7/c1-21-11-3-7-9(4-12(11)22-2)15(19)10(6-17)8-5-13(18)23-16(20)14(7)8/h3-4,6,13,18-19H,5H2,1-2H3. The predicted molar refractivity (Wildman–Crippen MR) is 79.2 cm³/mol. The van der Waals surface area contributed by atoms with Crippen molar-refractivity contribution in [1.29, 1.82) is 0 Å². The Morgan fingerprint density at radius 2 is 1.83 bits per heavy atom. The van der Waals surface area contributed by atoms with Crippen molar-refractivity contribution in [1.82, 2.24) is 0 Å². The van der Waals surface area contributed by atoms with Crippen LogP contribution in [0.5, 0.6) is 17.2 Å². The van der Waals surface area contributed by atoms with E-state index < -0.39 is 12.3 Å². The van der Waals surface area contributed by atoms with Gasteiger partial charge in [0.15, 0.2) is 17.8 Å². The van der Waals surface area contributed by atoms with Gasteiger partial charge in [0, 0.05) is 17.2 Å². The van der Waals surface area contributed by atoms with Crippen molar-refractivity contribution in [2.24, 2.45) is 0 Å². The van der Waals surface area contributed by atoms with Gasteiger partial charge in [-0.15, -0.1) is 0 Å². The molecule has 7 nitrogen and oxygen atoms in total. The zero-order chi connectivity index (χ0) is 16.7. The van der Waals surface area contributed by atoms with E-state index in [2.05, 4.69) is 0 Å². The first-order valence-electron chi connectivity index (χ1n) is 6.79. The Hall–Kier alpha value is -2.80. The zero-order valence-corrected chi connectivity index (χ0v) is 12.5. The highest BCUT2D eigenvalue weighted by Crippen LogP contribution is 2.42. The highest BCUT2D eigenvalue weighted by Gasteiger charge is 2.32. The van der Waals surface area contributed by atoms with E-state index >= 15 is 0 Å². The van der Waals surface area contributed by atoms with Crippen molar-refractivity contribution >= 4 is 23.0 Å². The average Bonchev–Trinajstić information content (AvgIpc) is 2.53. The minimum atomic E-state index is -1.36. The van der Waals surface area contributed by atoms with Crippen LogP contribution >= 0.6 is 0 Å². The lowest BCUT2D eigenvalue weighted by Gasteiger charge is -2.24. The highest BCUT2D eigenvalue weighted by molar-refractivity contribution is 6.12. The summed E-state index contributed by atoms with van der Waals surface area (Å²) in [7, 11) is 2.88. The highest BCUT2D eigenvalue weighted by atomic mass is 16.6. The molecular formula is C16H14O7. The van der Waals surface area contributed by atoms with Gasteiger partial charge in [-0.3, -0.25) is 4.79 Å². The number of esters is 1. The molecule has 0 spiro atoms. The van der Waals surface area contributed by atoms with Crippen LogP contribution in [0.1, 0.15) is 26.3 Å². The molecule has 0 aromatic heterocycles. The first-order chi connectivity index (χ1) is 11.0. The number of aliphatic hydroxyl groups excluding tert-OH is 1. The summed E-state index contributed by atoms with van der Waals surface area (Å²) in [6.45, 7) is 0. The summed E-state index contributed by atoms with van der Waals surface area (Å²) in [6.07, 6.45) is -0.978. The molecule has 1 unspecified atom stereocenters. The van der Waals surface area contributed by atoms with Gasteiger partial charge >= 0.3 is 5.97 Å². The maximum absolute atomic E-state index is 12.2. The molecule has 0 aliphatic carbocycles. The van der Waals surface area contributed by atoms with Gasteiger partial charge in [0.1, 0.15) is 5.75 Å². The third kappa shape index (κ3) is 2.17. The molecule has 0 fully saturated rings. The minimum Gasteiger partial charge on any atom is -0.507 e. The van der Waals surface area contributed by atoms with Crippen LogP contribution in [-0.2, 0) is 11.2 Å². The van der Waals surface area contributed by atoms with E-state index in [0.29, 0.717) is 23.2 Å². The molecule has 1 atom stereocenters. The van der Waals surface area contributed by atoms with E-state index in [1.165, 1.54) is 26.4 Å². The summed E-state index contributed by atoms with van der Waals surface area (Å²) in [5.74, 6) is -0.341. The number of fused-ring (bicyclic) bond motifs is 3. The number of phenols is 1. The van der Waals surface area contributed by atoms with E-state index in [9.17, 15) is 19.8 Å². The molecule has 2 aromatic carbocycles. The molecule has 23 heavy (non-hydrogen) atoms. The van der Waals surface area contributed by atoms with Crippen LogP contribution < -0.4 is 9.47 Å².